The van der Waals surface area contributed by atoms with Crippen LogP contribution in [0.1, 0.15) is 0 Å². The zero-order valence-electron chi connectivity index (χ0n) is 12.4. The molecule has 0 atom stereocenters. The summed E-state index contributed by atoms with van der Waals surface area (Å²) < 4.78 is 11.3. The monoisotopic (exact) mass is 303 g/mol. The van der Waals surface area contributed by atoms with Crippen molar-refractivity contribution in [1.29, 1.82) is 0 Å². The molecule has 0 bridgehead atoms. The second kappa shape index (κ2) is 5.53. The van der Waals surface area contributed by atoms with E-state index >= 15 is 0 Å². The molecule has 4 aromatic rings. The third kappa shape index (κ3) is 2.42. The van der Waals surface area contributed by atoms with Gasteiger partial charge in [0.25, 0.3) is 0 Å². The third-order valence-corrected chi connectivity index (χ3v) is 3.55. The summed E-state index contributed by atoms with van der Waals surface area (Å²) in [4.78, 5) is 13.0. The number of hydrogen-bond acceptors (Lipinski definition) is 5. The van der Waals surface area contributed by atoms with Gasteiger partial charge in [0.15, 0.2) is 11.2 Å². The molecule has 0 saturated carbocycles. The molecule has 0 N–H and O–H groups in total. The summed E-state index contributed by atoms with van der Waals surface area (Å²) in [6.07, 6.45) is 3.45. The van der Waals surface area contributed by atoms with E-state index in [1.165, 1.54) is 0 Å². The number of benzene rings is 1. The summed E-state index contributed by atoms with van der Waals surface area (Å²) in [5.41, 5.74) is 3.87. The maximum Gasteiger partial charge on any atom is 0.229 e. The maximum atomic E-state index is 5.75. The Morgan fingerprint density at radius 3 is 2.65 bits per heavy atom. The highest BCUT2D eigenvalue weighted by molar-refractivity contribution is 5.75. The van der Waals surface area contributed by atoms with E-state index in [1.807, 2.05) is 48.5 Å². The molecule has 3 heterocycles. The first kappa shape index (κ1) is 13.5. The van der Waals surface area contributed by atoms with E-state index in [9.17, 15) is 0 Å². The number of aromatic nitrogens is 3. The number of nitrogens with zero attached hydrogens (tertiary/aromatic N) is 3. The zero-order chi connectivity index (χ0) is 15.6. The molecule has 5 nitrogen and oxygen atoms in total. The van der Waals surface area contributed by atoms with Gasteiger partial charge in [-0.2, -0.15) is 4.98 Å². The Labute approximate surface area is 132 Å². The fourth-order valence-electron chi connectivity index (χ4n) is 2.45. The first-order valence-electron chi connectivity index (χ1n) is 7.16. The molecule has 3 aromatic heterocycles. The van der Waals surface area contributed by atoms with Crippen LogP contribution in [0, 0.1) is 0 Å². The molecule has 4 rings (SSSR count). The lowest BCUT2D eigenvalue weighted by atomic mass is 10.1. The predicted octanol–water partition coefficient (Wildman–Crippen LogP) is 3.96. The van der Waals surface area contributed by atoms with E-state index in [1.54, 1.807) is 19.5 Å². The zero-order valence-corrected chi connectivity index (χ0v) is 12.4. The van der Waals surface area contributed by atoms with Crippen molar-refractivity contribution in [2.24, 2.45) is 0 Å². The molecule has 0 aliphatic carbocycles. The lowest BCUT2D eigenvalue weighted by molar-refractivity contribution is 0.416. The molecular weight excluding hydrogens is 290 g/mol. The molecule has 0 saturated heterocycles. The topological polar surface area (TPSA) is 61.0 Å². The molecule has 0 spiro atoms. The third-order valence-electron chi connectivity index (χ3n) is 3.55. The van der Waals surface area contributed by atoms with E-state index in [0.29, 0.717) is 17.1 Å². The summed E-state index contributed by atoms with van der Waals surface area (Å²) in [6.45, 7) is 0. The minimum absolute atomic E-state index is 0.518. The number of ether oxygens (including phenoxy) is 1. The van der Waals surface area contributed by atoms with Crippen LogP contribution in [0.15, 0.2) is 65.3 Å². The average Bonchev–Trinajstić information content (AvgIpc) is 3.06. The average molecular weight is 303 g/mol. The Balaban J connectivity index is 1.81. The van der Waals surface area contributed by atoms with Crippen molar-refractivity contribution in [1.82, 2.24) is 15.0 Å². The molecule has 112 valence electrons. The largest absolute Gasteiger partial charge is 0.496 e. The number of fused-ring (bicyclic) bond motifs is 1. The minimum atomic E-state index is 0.518. The number of rotatable bonds is 3. The van der Waals surface area contributed by atoms with Gasteiger partial charge in [0, 0.05) is 23.5 Å². The van der Waals surface area contributed by atoms with Gasteiger partial charge in [-0.05, 0) is 42.5 Å². The van der Waals surface area contributed by atoms with Crippen molar-refractivity contribution in [2.75, 3.05) is 7.11 Å². The molecule has 0 aliphatic rings. The molecule has 1 aromatic carbocycles. The number of pyridine rings is 2. The molecule has 0 unspecified atom stereocenters. The van der Waals surface area contributed by atoms with Crippen LogP contribution in [0.25, 0.3) is 33.9 Å². The van der Waals surface area contributed by atoms with Crippen LogP contribution < -0.4 is 4.74 Å². The van der Waals surface area contributed by atoms with Crippen LogP contribution in [0.5, 0.6) is 5.75 Å². The number of methoxy groups -OCH3 is 1. The first-order valence-corrected chi connectivity index (χ1v) is 7.16. The SMILES string of the molecule is COc1cc(-c2nc3ncccc3o2)ccc1-c1ccccn1. The van der Waals surface area contributed by atoms with Crippen molar-refractivity contribution in [3.63, 3.8) is 0 Å². The van der Waals surface area contributed by atoms with Crippen LogP contribution in [0.3, 0.4) is 0 Å². The molecule has 23 heavy (non-hydrogen) atoms. The summed E-state index contributed by atoms with van der Waals surface area (Å²) in [7, 11) is 1.64. The fourth-order valence-corrected chi connectivity index (χ4v) is 2.45. The normalized spacial score (nSPS) is 10.8. The van der Waals surface area contributed by atoms with Gasteiger partial charge in [-0.3, -0.25) is 4.98 Å². The fraction of sp³-hybridized carbons (Fsp3) is 0.0556. The van der Waals surface area contributed by atoms with Crippen LogP contribution in [-0.4, -0.2) is 22.1 Å². The summed E-state index contributed by atoms with van der Waals surface area (Å²) in [6, 6.07) is 15.2. The lowest BCUT2D eigenvalue weighted by Gasteiger charge is -2.09. The van der Waals surface area contributed by atoms with Crippen LogP contribution >= 0.6 is 0 Å². The Bertz CT molecular complexity index is 931. The van der Waals surface area contributed by atoms with Gasteiger partial charge in [0.1, 0.15) is 5.75 Å². The Morgan fingerprint density at radius 2 is 1.87 bits per heavy atom. The standard InChI is InChI=1S/C18H13N3O2/c1-22-16-11-12(7-8-13(16)14-5-2-3-9-19-14)18-21-17-15(23-18)6-4-10-20-17/h2-11H,1H3. The smallest absolute Gasteiger partial charge is 0.229 e. The highest BCUT2D eigenvalue weighted by Crippen LogP contribution is 2.33. The quantitative estimate of drug-likeness (QED) is 0.573. The van der Waals surface area contributed by atoms with Gasteiger partial charge < -0.3 is 9.15 Å². The second-order valence-electron chi connectivity index (χ2n) is 4.97. The van der Waals surface area contributed by atoms with Gasteiger partial charge in [-0.25, -0.2) is 4.98 Å². The second-order valence-corrected chi connectivity index (χ2v) is 4.97. The van der Waals surface area contributed by atoms with Crippen molar-refractivity contribution < 1.29 is 9.15 Å². The Kier molecular flexibility index (Phi) is 3.24. The van der Waals surface area contributed by atoms with E-state index in [4.69, 9.17) is 9.15 Å². The number of oxazole rings is 1. The molecular formula is C18H13N3O2. The van der Waals surface area contributed by atoms with Crippen molar-refractivity contribution in [3.05, 3.63) is 60.9 Å². The molecule has 0 amide bonds. The van der Waals surface area contributed by atoms with E-state index < -0.39 is 0 Å². The molecule has 0 aliphatic heterocycles. The van der Waals surface area contributed by atoms with Gasteiger partial charge >= 0.3 is 0 Å². The van der Waals surface area contributed by atoms with Crippen molar-refractivity contribution in [2.45, 2.75) is 0 Å². The minimum Gasteiger partial charge on any atom is -0.496 e. The highest BCUT2D eigenvalue weighted by atomic mass is 16.5. The van der Waals surface area contributed by atoms with Crippen LogP contribution in [-0.2, 0) is 0 Å². The summed E-state index contributed by atoms with van der Waals surface area (Å²) in [5.74, 6) is 1.24. The van der Waals surface area contributed by atoms with E-state index in [0.717, 1.165) is 22.6 Å². The van der Waals surface area contributed by atoms with Crippen molar-refractivity contribution in [3.8, 4) is 28.5 Å². The molecule has 5 heteroatoms. The highest BCUT2D eigenvalue weighted by Gasteiger charge is 2.13. The summed E-state index contributed by atoms with van der Waals surface area (Å²) >= 11 is 0. The maximum absolute atomic E-state index is 5.75. The lowest BCUT2D eigenvalue weighted by Crippen LogP contribution is -1.91. The van der Waals surface area contributed by atoms with Crippen LogP contribution in [0.4, 0.5) is 0 Å². The van der Waals surface area contributed by atoms with Gasteiger partial charge in [-0.15, -0.1) is 0 Å². The van der Waals surface area contributed by atoms with Crippen LogP contribution in [0.2, 0.25) is 0 Å². The first-order chi connectivity index (χ1) is 11.3. The predicted molar refractivity (Wildman–Crippen MR) is 87.0 cm³/mol. The van der Waals surface area contributed by atoms with Crippen molar-refractivity contribution >= 4 is 11.2 Å². The molecule has 0 fully saturated rings. The number of hydrogen-bond donors (Lipinski definition) is 0. The van der Waals surface area contributed by atoms with E-state index in [2.05, 4.69) is 15.0 Å². The molecule has 0 radical (unpaired) electrons. The Morgan fingerprint density at radius 1 is 0.957 bits per heavy atom. The summed E-state index contributed by atoms with van der Waals surface area (Å²) in [5, 5.41) is 0. The Hall–Kier alpha value is -3.21. The van der Waals surface area contributed by atoms with E-state index in [-0.39, 0.29) is 0 Å². The van der Waals surface area contributed by atoms with Gasteiger partial charge in [-0.1, -0.05) is 6.07 Å². The van der Waals surface area contributed by atoms with Gasteiger partial charge in [0.05, 0.1) is 12.8 Å². The van der Waals surface area contributed by atoms with Gasteiger partial charge in [0.2, 0.25) is 5.89 Å².